The summed E-state index contributed by atoms with van der Waals surface area (Å²) in [7, 11) is 3.43. The number of carbonyl (C=O) groups excluding carboxylic acids is 1. The van der Waals surface area contributed by atoms with E-state index in [0.717, 1.165) is 22.2 Å². The van der Waals surface area contributed by atoms with Crippen molar-refractivity contribution in [2.24, 2.45) is 0 Å². The van der Waals surface area contributed by atoms with Gasteiger partial charge in [0.25, 0.3) is 5.91 Å². The third-order valence-corrected chi connectivity index (χ3v) is 3.75. The Kier molecular flexibility index (Phi) is 4.65. The molecule has 0 atom stereocenters. The standard InChI is InChI=1S/C18H20N4O2/c1-22(2)18(23)12-24-17-6-4-3-5-13(17)10-19-15-7-8-16-14(9-15)11-20-21-16/h3-9,11,19H,10,12H2,1-2H3,(H,20,21). The van der Waals surface area contributed by atoms with Crippen LogP contribution in [-0.4, -0.2) is 41.7 Å². The fraction of sp³-hybridized carbons (Fsp3) is 0.222. The number of hydrogen-bond donors (Lipinski definition) is 2. The highest BCUT2D eigenvalue weighted by molar-refractivity contribution is 5.81. The van der Waals surface area contributed by atoms with Gasteiger partial charge < -0.3 is 15.0 Å². The maximum atomic E-state index is 11.7. The normalized spacial score (nSPS) is 10.6. The number of carbonyl (C=O) groups is 1. The van der Waals surface area contributed by atoms with Crippen molar-refractivity contribution < 1.29 is 9.53 Å². The Bertz CT molecular complexity index is 842. The molecule has 0 aliphatic heterocycles. The average molecular weight is 324 g/mol. The highest BCUT2D eigenvalue weighted by atomic mass is 16.5. The molecule has 0 aliphatic rings. The van der Waals surface area contributed by atoms with Crippen molar-refractivity contribution in [3.8, 4) is 5.75 Å². The molecule has 0 saturated heterocycles. The van der Waals surface area contributed by atoms with Crippen LogP contribution in [0.15, 0.2) is 48.7 Å². The van der Waals surface area contributed by atoms with Gasteiger partial charge in [-0.1, -0.05) is 18.2 Å². The summed E-state index contributed by atoms with van der Waals surface area (Å²) in [6.07, 6.45) is 1.80. The topological polar surface area (TPSA) is 70.2 Å². The Morgan fingerprint density at radius 1 is 1.25 bits per heavy atom. The van der Waals surface area contributed by atoms with Crippen LogP contribution in [0.4, 0.5) is 5.69 Å². The Hall–Kier alpha value is -3.02. The van der Waals surface area contributed by atoms with Crippen LogP contribution in [0.1, 0.15) is 5.56 Å². The number of anilines is 1. The fourth-order valence-corrected chi connectivity index (χ4v) is 2.31. The Labute approximate surface area is 140 Å². The van der Waals surface area contributed by atoms with E-state index in [4.69, 9.17) is 4.74 Å². The number of aromatic nitrogens is 2. The number of nitrogens with one attached hydrogen (secondary N) is 2. The second kappa shape index (κ2) is 7.04. The molecule has 1 amide bonds. The minimum atomic E-state index is -0.0665. The molecule has 0 unspecified atom stereocenters. The number of ether oxygens (including phenoxy) is 1. The molecule has 6 nitrogen and oxygen atoms in total. The monoisotopic (exact) mass is 324 g/mol. The lowest BCUT2D eigenvalue weighted by molar-refractivity contribution is -0.130. The van der Waals surface area contributed by atoms with Gasteiger partial charge in [-0.15, -0.1) is 0 Å². The van der Waals surface area contributed by atoms with Crippen LogP contribution in [0.3, 0.4) is 0 Å². The van der Waals surface area contributed by atoms with Gasteiger partial charge in [0.05, 0.1) is 11.7 Å². The molecule has 3 aromatic rings. The summed E-state index contributed by atoms with van der Waals surface area (Å²) in [6, 6.07) is 13.7. The summed E-state index contributed by atoms with van der Waals surface area (Å²) < 4.78 is 5.66. The number of nitrogens with zero attached hydrogens (tertiary/aromatic N) is 2. The average Bonchev–Trinajstić information content (AvgIpc) is 3.06. The van der Waals surface area contributed by atoms with Crippen molar-refractivity contribution in [3.63, 3.8) is 0 Å². The summed E-state index contributed by atoms with van der Waals surface area (Å²) in [5, 5.41) is 11.4. The molecule has 2 aromatic carbocycles. The van der Waals surface area contributed by atoms with Crippen molar-refractivity contribution >= 4 is 22.5 Å². The van der Waals surface area contributed by atoms with E-state index in [9.17, 15) is 4.79 Å². The number of H-pyrrole nitrogens is 1. The van der Waals surface area contributed by atoms with Crippen LogP contribution in [0.5, 0.6) is 5.75 Å². The SMILES string of the molecule is CN(C)C(=O)COc1ccccc1CNc1ccc2[nH]ncc2c1. The van der Waals surface area contributed by atoms with Gasteiger partial charge in [0, 0.05) is 37.3 Å². The van der Waals surface area contributed by atoms with E-state index in [-0.39, 0.29) is 12.5 Å². The number of para-hydroxylation sites is 1. The second-order valence-corrected chi connectivity index (χ2v) is 5.71. The summed E-state index contributed by atoms with van der Waals surface area (Å²) in [5.74, 6) is 0.646. The summed E-state index contributed by atoms with van der Waals surface area (Å²) in [5.41, 5.74) is 3.01. The van der Waals surface area contributed by atoms with Crippen molar-refractivity contribution in [1.29, 1.82) is 0 Å². The first-order valence-electron chi connectivity index (χ1n) is 7.71. The molecule has 0 radical (unpaired) electrons. The molecule has 0 bridgehead atoms. The van der Waals surface area contributed by atoms with Gasteiger partial charge in [-0.25, -0.2) is 0 Å². The van der Waals surface area contributed by atoms with Gasteiger partial charge in [0.15, 0.2) is 6.61 Å². The molecule has 2 N–H and O–H groups in total. The molecule has 124 valence electrons. The minimum Gasteiger partial charge on any atom is -0.483 e. The largest absolute Gasteiger partial charge is 0.483 e. The highest BCUT2D eigenvalue weighted by Crippen LogP contribution is 2.21. The lowest BCUT2D eigenvalue weighted by Gasteiger charge is -2.14. The van der Waals surface area contributed by atoms with E-state index in [0.29, 0.717) is 12.3 Å². The van der Waals surface area contributed by atoms with E-state index in [1.54, 1.807) is 20.3 Å². The third kappa shape index (κ3) is 3.65. The minimum absolute atomic E-state index is 0.0327. The third-order valence-electron chi connectivity index (χ3n) is 3.75. The molecule has 6 heteroatoms. The zero-order valence-electron chi connectivity index (χ0n) is 13.7. The molecular weight excluding hydrogens is 304 g/mol. The maximum absolute atomic E-state index is 11.7. The van der Waals surface area contributed by atoms with Gasteiger partial charge in [-0.3, -0.25) is 9.89 Å². The summed E-state index contributed by atoms with van der Waals surface area (Å²) in [6.45, 7) is 0.640. The van der Waals surface area contributed by atoms with Crippen molar-refractivity contribution in [1.82, 2.24) is 15.1 Å². The molecule has 0 saturated carbocycles. The Morgan fingerprint density at radius 3 is 2.92 bits per heavy atom. The van der Waals surface area contributed by atoms with Gasteiger partial charge in [-0.05, 0) is 24.3 Å². The van der Waals surface area contributed by atoms with E-state index in [1.807, 2.05) is 42.5 Å². The van der Waals surface area contributed by atoms with Crippen molar-refractivity contribution in [2.45, 2.75) is 6.54 Å². The molecule has 3 rings (SSSR count). The van der Waals surface area contributed by atoms with Gasteiger partial charge in [0.1, 0.15) is 5.75 Å². The van der Waals surface area contributed by atoms with E-state index < -0.39 is 0 Å². The molecule has 1 heterocycles. The first kappa shape index (κ1) is 15.9. The first-order chi connectivity index (χ1) is 11.6. The summed E-state index contributed by atoms with van der Waals surface area (Å²) >= 11 is 0. The van der Waals surface area contributed by atoms with E-state index >= 15 is 0 Å². The van der Waals surface area contributed by atoms with Crippen LogP contribution in [0.25, 0.3) is 10.9 Å². The molecule has 0 spiro atoms. The number of rotatable bonds is 6. The fourth-order valence-electron chi connectivity index (χ4n) is 2.31. The van der Waals surface area contributed by atoms with Crippen LogP contribution in [0, 0.1) is 0 Å². The number of amides is 1. The Balaban J connectivity index is 1.67. The van der Waals surface area contributed by atoms with E-state index in [2.05, 4.69) is 15.5 Å². The van der Waals surface area contributed by atoms with Gasteiger partial charge in [-0.2, -0.15) is 5.10 Å². The van der Waals surface area contributed by atoms with Crippen molar-refractivity contribution in [2.75, 3.05) is 26.0 Å². The van der Waals surface area contributed by atoms with Crippen LogP contribution in [-0.2, 0) is 11.3 Å². The quantitative estimate of drug-likeness (QED) is 0.731. The number of aromatic amines is 1. The van der Waals surface area contributed by atoms with Crippen LogP contribution >= 0.6 is 0 Å². The second-order valence-electron chi connectivity index (χ2n) is 5.71. The first-order valence-corrected chi connectivity index (χ1v) is 7.71. The van der Waals surface area contributed by atoms with Gasteiger partial charge >= 0.3 is 0 Å². The van der Waals surface area contributed by atoms with E-state index in [1.165, 1.54) is 4.90 Å². The van der Waals surface area contributed by atoms with Crippen LogP contribution < -0.4 is 10.1 Å². The van der Waals surface area contributed by atoms with Crippen LogP contribution in [0.2, 0.25) is 0 Å². The van der Waals surface area contributed by atoms with Crippen molar-refractivity contribution in [3.05, 3.63) is 54.2 Å². The Morgan fingerprint density at radius 2 is 2.08 bits per heavy atom. The number of benzene rings is 2. The molecule has 0 aliphatic carbocycles. The number of fused-ring (bicyclic) bond motifs is 1. The molecule has 24 heavy (non-hydrogen) atoms. The molecule has 0 fully saturated rings. The zero-order chi connectivity index (χ0) is 16.9. The van der Waals surface area contributed by atoms with Gasteiger partial charge in [0.2, 0.25) is 0 Å². The number of hydrogen-bond acceptors (Lipinski definition) is 4. The predicted molar refractivity (Wildman–Crippen MR) is 94.1 cm³/mol. The predicted octanol–water partition coefficient (Wildman–Crippen LogP) is 2.64. The number of likely N-dealkylation sites (N-methyl/N-ethyl adjacent to an activating group) is 1. The lowest BCUT2D eigenvalue weighted by Crippen LogP contribution is -2.27. The molecular formula is C18H20N4O2. The summed E-state index contributed by atoms with van der Waals surface area (Å²) in [4.78, 5) is 13.2. The zero-order valence-corrected chi connectivity index (χ0v) is 13.7. The molecule has 1 aromatic heterocycles. The lowest BCUT2D eigenvalue weighted by atomic mass is 10.2. The smallest absolute Gasteiger partial charge is 0.259 e. The maximum Gasteiger partial charge on any atom is 0.259 e. The highest BCUT2D eigenvalue weighted by Gasteiger charge is 2.08.